The minimum Gasteiger partial charge on any atom is -0.396 e. The fourth-order valence-electron chi connectivity index (χ4n) is 0.457. The molecule has 0 aromatic heterocycles. The molecule has 0 aromatic rings. The second-order valence-corrected chi connectivity index (χ2v) is 2.05. The molecule has 0 rings (SSSR count). The molecule has 0 saturated carbocycles. The highest BCUT2D eigenvalue weighted by molar-refractivity contribution is 4.47. The van der Waals surface area contributed by atoms with Gasteiger partial charge in [0.2, 0.25) is 0 Å². The molecule has 0 unspecified atom stereocenters. The normalized spacial score (nSPS) is 12.0. The second-order valence-electron chi connectivity index (χ2n) is 2.05. The molecule has 0 bridgehead atoms. The summed E-state index contributed by atoms with van der Waals surface area (Å²) in [6.07, 6.45) is -4.67. The largest absolute Gasteiger partial charge is 0.396 e. The van der Waals surface area contributed by atoms with E-state index < -0.39 is 12.6 Å². The molecule has 2 nitrogen and oxygen atoms in total. The van der Waals surface area contributed by atoms with Gasteiger partial charge in [0.25, 0.3) is 0 Å². The van der Waals surface area contributed by atoms with Crippen LogP contribution in [0, 0.1) is 0 Å². The Labute approximate surface area is 63.0 Å². The van der Waals surface area contributed by atoms with Crippen molar-refractivity contribution in [1.82, 2.24) is 0 Å². The maximum absolute atomic E-state index is 11.4. The summed E-state index contributed by atoms with van der Waals surface area (Å²) in [5.74, 6) is 0. The van der Waals surface area contributed by atoms with E-state index in [2.05, 4.69) is 4.74 Å². The van der Waals surface area contributed by atoms with Crippen LogP contribution in [0.4, 0.5) is 13.2 Å². The molecule has 11 heavy (non-hydrogen) atoms. The number of halogens is 3. The molecule has 0 fully saturated rings. The van der Waals surface area contributed by atoms with Gasteiger partial charge in [0.1, 0.15) is 0 Å². The Morgan fingerprint density at radius 2 is 1.82 bits per heavy atom. The van der Waals surface area contributed by atoms with E-state index in [4.69, 9.17) is 5.11 Å². The number of hydrogen-bond acceptors (Lipinski definition) is 2. The van der Waals surface area contributed by atoms with E-state index in [9.17, 15) is 13.2 Å². The number of hydrogen-bond donors (Lipinski definition) is 1. The number of aliphatic hydroxyl groups is 1. The Kier molecular flexibility index (Phi) is 5.23. The van der Waals surface area contributed by atoms with Crippen molar-refractivity contribution in [1.29, 1.82) is 0 Å². The average molecular weight is 172 g/mol. The van der Waals surface area contributed by atoms with Crippen molar-refractivity contribution in [2.75, 3.05) is 19.8 Å². The van der Waals surface area contributed by atoms with Crippen molar-refractivity contribution in [2.24, 2.45) is 0 Å². The molecule has 0 heterocycles. The summed E-state index contributed by atoms with van der Waals surface area (Å²) in [5, 5.41) is 8.22. The zero-order valence-corrected chi connectivity index (χ0v) is 6.02. The lowest BCUT2D eigenvalue weighted by molar-refractivity contribution is -0.145. The van der Waals surface area contributed by atoms with Crippen LogP contribution in [0.3, 0.4) is 0 Å². The average Bonchev–Trinajstić information content (AvgIpc) is 1.85. The first kappa shape index (κ1) is 10.7. The highest BCUT2D eigenvalue weighted by Gasteiger charge is 2.26. The lowest BCUT2D eigenvalue weighted by Gasteiger charge is -2.05. The van der Waals surface area contributed by atoms with Crippen LogP contribution in [0.1, 0.15) is 12.8 Å². The zero-order valence-electron chi connectivity index (χ0n) is 6.02. The van der Waals surface area contributed by atoms with Crippen molar-refractivity contribution < 1.29 is 23.0 Å². The standard InChI is InChI=1S/C6H11F3O2/c7-6(8,9)2-5-11-4-1-3-10/h10H,1-5H2. The van der Waals surface area contributed by atoms with Crippen LogP contribution in [0.5, 0.6) is 0 Å². The highest BCUT2D eigenvalue weighted by atomic mass is 19.4. The zero-order chi connectivity index (χ0) is 8.74. The maximum Gasteiger partial charge on any atom is 0.391 e. The van der Waals surface area contributed by atoms with Gasteiger partial charge in [-0.05, 0) is 6.42 Å². The molecule has 0 radical (unpaired) electrons. The van der Waals surface area contributed by atoms with Crippen LogP contribution in [0.15, 0.2) is 0 Å². The van der Waals surface area contributed by atoms with E-state index in [1.165, 1.54) is 0 Å². The predicted molar refractivity (Wildman–Crippen MR) is 33.2 cm³/mol. The van der Waals surface area contributed by atoms with Crippen LogP contribution < -0.4 is 0 Å². The van der Waals surface area contributed by atoms with E-state index in [1.807, 2.05) is 0 Å². The Hall–Kier alpha value is -0.290. The van der Waals surface area contributed by atoms with Crippen molar-refractivity contribution in [3.8, 4) is 0 Å². The first-order valence-corrected chi connectivity index (χ1v) is 3.31. The highest BCUT2D eigenvalue weighted by Crippen LogP contribution is 2.18. The van der Waals surface area contributed by atoms with E-state index in [1.54, 1.807) is 0 Å². The number of aliphatic hydroxyl groups excluding tert-OH is 1. The number of ether oxygens (including phenoxy) is 1. The monoisotopic (exact) mass is 172 g/mol. The van der Waals surface area contributed by atoms with Crippen molar-refractivity contribution in [2.45, 2.75) is 19.0 Å². The van der Waals surface area contributed by atoms with Crippen molar-refractivity contribution in [3.63, 3.8) is 0 Å². The summed E-state index contributed by atoms with van der Waals surface area (Å²) in [6.45, 7) is -0.178. The van der Waals surface area contributed by atoms with Gasteiger partial charge in [-0.15, -0.1) is 0 Å². The fraction of sp³-hybridized carbons (Fsp3) is 1.00. The molecule has 0 aromatic carbocycles. The Bertz CT molecular complexity index is 92.3. The summed E-state index contributed by atoms with van der Waals surface area (Å²) in [5.41, 5.74) is 0. The Morgan fingerprint density at radius 3 is 2.27 bits per heavy atom. The molecule has 68 valence electrons. The molecular weight excluding hydrogens is 161 g/mol. The SMILES string of the molecule is OCCCOCCC(F)(F)F. The van der Waals surface area contributed by atoms with Crippen LogP contribution >= 0.6 is 0 Å². The third-order valence-corrected chi connectivity index (χ3v) is 0.977. The van der Waals surface area contributed by atoms with Crippen LogP contribution in [-0.2, 0) is 4.74 Å². The smallest absolute Gasteiger partial charge is 0.391 e. The third kappa shape index (κ3) is 9.71. The molecule has 0 aliphatic carbocycles. The number of alkyl halides is 3. The summed E-state index contributed by atoms with van der Waals surface area (Å²) < 4.78 is 38.9. The van der Waals surface area contributed by atoms with Gasteiger partial charge in [-0.25, -0.2) is 0 Å². The molecule has 0 spiro atoms. The van der Waals surface area contributed by atoms with Crippen LogP contribution in [0.25, 0.3) is 0 Å². The fourth-order valence-corrected chi connectivity index (χ4v) is 0.457. The summed E-state index contributed by atoms with van der Waals surface area (Å²) in [7, 11) is 0. The first-order valence-electron chi connectivity index (χ1n) is 3.31. The Morgan fingerprint density at radius 1 is 1.18 bits per heavy atom. The summed E-state index contributed by atoms with van der Waals surface area (Å²) >= 11 is 0. The molecule has 0 aliphatic rings. The summed E-state index contributed by atoms with van der Waals surface area (Å²) in [4.78, 5) is 0. The first-order chi connectivity index (χ1) is 5.06. The van der Waals surface area contributed by atoms with Gasteiger partial charge in [0.15, 0.2) is 0 Å². The Balaban J connectivity index is 3.02. The number of rotatable bonds is 5. The molecule has 0 aliphatic heterocycles. The molecule has 1 N–H and O–H groups in total. The lowest BCUT2D eigenvalue weighted by Crippen LogP contribution is -2.12. The van der Waals surface area contributed by atoms with Crippen LogP contribution in [0.2, 0.25) is 0 Å². The predicted octanol–water partition coefficient (Wildman–Crippen LogP) is 1.34. The van der Waals surface area contributed by atoms with Crippen LogP contribution in [-0.4, -0.2) is 31.1 Å². The minimum atomic E-state index is -4.14. The second kappa shape index (κ2) is 5.37. The van der Waals surface area contributed by atoms with Gasteiger partial charge in [0.05, 0.1) is 13.0 Å². The van der Waals surface area contributed by atoms with Gasteiger partial charge >= 0.3 is 6.18 Å². The summed E-state index contributed by atoms with van der Waals surface area (Å²) in [6, 6.07) is 0. The van der Waals surface area contributed by atoms with Gasteiger partial charge in [-0.1, -0.05) is 0 Å². The van der Waals surface area contributed by atoms with E-state index >= 15 is 0 Å². The molecule has 0 amide bonds. The van der Waals surface area contributed by atoms with Crippen molar-refractivity contribution in [3.05, 3.63) is 0 Å². The van der Waals surface area contributed by atoms with Gasteiger partial charge in [-0.2, -0.15) is 13.2 Å². The molecule has 0 saturated heterocycles. The topological polar surface area (TPSA) is 29.5 Å². The molecule has 5 heteroatoms. The van der Waals surface area contributed by atoms with E-state index in [0.717, 1.165) is 0 Å². The third-order valence-electron chi connectivity index (χ3n) is 0.977. The van der Waals surface area contributed by atoms with E-state index in [0.29, 0.717) is 6.42 Å². The maximum atomic E-state index is 11.4. The quantitative estimate of drug-likeness (QED) is 0.634. The van der Waals surface area contributed by atoms with Gasteiger partial charge in [-0.3, -0.25) is 0 Å². The van der Waals surface area contributed by atoms with Gasteiger partial charge in [0, 0.05) is 13.2 Å². The lowest BCUT2D eigenvalue weighted by atomic mass is 10.4. The minimum absolute atomic E-state index is 0.0496. The molecular formula is C6H11F3O2. The van der Waals surface area contributed by atoms with Crippen molar-refractivity contribution >= 4 is 0 Å². The molecule has 0 atom stereocenters. The van der Waals surface area contributed by atoms with Gasteiger partial charge < -0.3 is 9.84 Å². The van der Waals surface area contributed by atoms with E-state index in [-0.39, 0.29) is 19.8 Å².